The van der Waals surface area contributed by atoms with Gasteiger partial charge in [-0.2, -0.15) is 0 Å². The molecule has 6 heteroatoms. The second-order valence-electron chi connectivity index (χ2n) is 4.81. The van der Waals surface area contributed by atoms with Gasteiger partial charge in [0.05, 0.1) is 18.9 Å². The normalized spacial score (nSPS) is 13.9. The van der Waals surface area contributed by atoms with Gasteiger partial charge in [0.25, 0.3) is 0 Å². The Morgan fingerprint density at radius 2 is 1.95 bits per heavy atom. The summed E-state index contributed by atoms with van der Waals surface area (Å²) >= 11 is 0. The molecule has 0 bridgehead atoms. The van der Waals surface area contributed by atoms with E-state index in [0.29, 0.717) is 43.4 Å². The molecule has 0 fully saturated rings. The van der Waals surface area contributed by atoms with E-state index in [1.165, 1.54) is 12.1 Å². The highest BCUT2D eigenvalue weighted by molar-refractivity contribution is 5.60. The minimum Gasteiger partial charge on any atom is -0.376 e. The zero-order valence-electron chi connectivity index (χ0n) is 11.6. The molecule has 0 aliphatic carbocycles. The average molecular weight is 291 g/mol. The van der Waals surface area contributed by atoms with E-state index in [1.54, 1.807) is 0 Å². The molecule has 1 aliphatic heterocycles. The van der Waals surface area contributed by atoms with E-state index in [4.69, 9.17) is 4.74 Å². The lowest BCUT2D eigenvalue weighted by atomic mass is 10.1. The zero-order chi connectivity index (χ0) is 14.8. The van der Waals surface area contributed by atoms with Gasteiger partial charge in [0.1, 0.15) is 17.5 Å². The zero-order valence-corrected chi connectivity index (χ0v) is 11.6. The summed E-state index contributed by atoms with van der Waals surface area (Å²) in [5.74, 6) is -0.286. The first-order valence-corrected chi connectivity index (χ1v) is 6.85. The average Bonchev–Trinajstić information content (AvgIpc) is 2.46. The fourth-order valence-corrected chi connectivity index (χ4v) is 2.36. The Morgan fingerprint density at radius 3 is 2.67 bits per heavy atom. The van der Waals surface area contributed by atoms with Gasteiger partial charge in [-0.25, -0.2) is 18.7 Å². The van der Waals surface area contributed by atoms with Crippen LogP contribution in [0.25, 0.3) is 11.4 Å². The van der Waals surface area contributed by atoms with Crippen LogP contribution < -0.4 is 5.32 Å². The molecule has 0 radical (unpaired) electrons. The lowest BCUT2D eigenvalue weighted by Crippen LogP contribution is -2.17. The lowest BCUT2D eigenvalue weighted by Gasteiger charge is -2.20. The van der Waals surface area contributed by atoms with Crippen LogP contribution in [0.4, 0.5) is 14.6 Å². The first-order valence-electron chi connectivity index (χ1n) is 6.85. The van der Waals surface area contributed by atoms with Crippen molar-refractivity contribution < 1.29 is 13.5 Å². The number of anilines is 1. The molecule has 1 N–H and O–H groups in total. The van der Waals surface area contributed by atoms with E-state index in [9.17, 15) is 8.78 Å². The van der Waals surface area contributed by atoms with Crippen molar-refractivity contribution in [3.63, 3.8) is 0 Å². The molecule has 110 valence electrons. The van der Waals surface area contributed by atoms with Gasteiger partial charge >= 0.3 is 0 Å². The summed E-state index contributed by atoms with van der Waals surface area (Å²) in [5.41, 5.74) is 2.12. The topological polar surface area (TPSA) is 47.0 Å². The van der Waals surface area contributed by atoms with Crippen LogP contribution in [-0.2, 0) is 17.8 Å². The van der Waals surface area contributed by atoms with Crippen LogP contribution in [0.5, 0.6) is 0 Å². The first-order chi connectivity index (χ1) is 10.2. The second-order valence-corrected chi connectivity index (χ2v) is 4.81. The number of hydrogen-bond donors (Lipinski definition) is 1. The summed E-state index contributed by atoms with van der Waals surface area (Å²) in [6, 6.07) is 3.31. The van der Waals surface area contributed by atoms with Crippen molar-refractivity contribution >= 4 is 5.82 Å². The Labute approximate surface area is 121 Å². The van der Waals surface area contributed by atoms with Gasteiger partial charge in [0.15, 0.2) is 5.82 Å². The molecule has 4 nitrogen and oxygen atoms in total. The summed E-state index contributed by atoms with van der Waals surface area (Å²) in [6.07, 6.45) is 0.668. The van der Waals surface area contributed by atoms with Crippen molar-refractivity contribution in [2.45, 2.75) is 20.0 Å². The maximum Gasteiger partial charge on any atom is 0.161 e. The monoisotopic (exact) mass is 291 g/mol. The predicted molar refractivity (Wildman–Crippen MR) is 74.9 cm³/mol. The summed E-state index contributed by atoms with van der Waals surface area (Å²) in [4.78, 5) is 8.84. The van der Waals surface area contributed by atoms with E-state index in [2.05, 4.69) is 15.3 Å². The highest BCUT2D eigenvalue weighted by Gasteiger charge is 2.19. The molecule has 1 aromatic carbocycles. The number of halogens is 2. The highest BCUT2D eigenvalue weighted by atomic mass is 19.1. The van der Waals surface area contributed by atoms with Crippen LogP contribution in [0.2, 0.25) is 0 Å². The quantitative estimate of drug-likeness (QED) is 0.944. The van der Waals surface area contributed by atoms with E-state index >= 15 is 0 Å². The van der Waals surface area contributed by atoms with Crippen LogP contribution >= 0.6 is 0 Å². The number of aromatic nitrogens is 2. The fraction of sp³-hybridized carbons (Fsp3) is 0.333. The predicted octanol–water partition coefficient (Wildman–Crippen LogP) is 2.93. The summed E-state index contributed by atoms with van der Waals surface area (Å²) < 4.78 is 32.2. The largest absolute Gasteiger partial charge is 0.376 e. The van der Waals surface area contributed by atoms with Crippen molar-refractivity contribution in [2.24, 2.45) is 0 Å². The summed E-state index contributed by atoms with van der Waals surface area (Å²) in [7, 11) is 0. The maximum absolute atomic E-state index is 13.4. The van der Waals surface area contributed by atoms with E-state index in [1.807, 2.05) is 6.92 Å². The van der Waals surface area contributed by atoms with Crippen LogP contribution in [-0.4, -0.2) is 23.1 Å². The molecule has 1 aromatic heterocycles. The van der Waals surface area contributed by atoms with Crippen molar-refractivity contribution in [1.29, 1.82) is 0 Å². The van der Waals surface area contributed by atoms with Gasteiger partial charge in [-0.15, -0.1) is 0 Å². The lowest BCUT2D eigenvalue weighted by molar-refractivity contribution is 0.109. The van der Waals surface area contributed by atoms with Crippen molar-refractivity contribution in [3.8, 4) is 11.4 Å². The summed E-state index contributed by atoms with van der Waals surface area (Å²) in [5, 5.41) is 3.16. The van der Waals surface area contributed by atoms with Gasteiger partial charge < -0.3 is 10.1 Å². The molecule has 3 rings (SSSR count). The standard InChI is InChI=1S/C15H15F2N3O/c1-2-18-15-12-8-21-4-3-13(12)19-14(20-15)9-5-10(16)7-11(17)6-9/h5-7H,2-4,8H2,1H3,(H,18,19,20). The number of fused-ring (bicyclic) bond motifs is 1. The van der Waals surface area contributed by atoms with Crippen LogP contribution in [0, 0.1) is 11.6 Å². The number of nitrogens with one attached hydrogen (secondary N) is 1. The molecular formula is C15H15F2N3O. The van der Waals surface area contributed by atoms with E-state index in [-0.39, 0.29) is 0 Å². The van der Waals surface area contributed by atoms with Gasteiger partial charge in [-0.1, -0.05) is 0 Å². The van der Waals surface area contributed by atoms with E-state index in [0.717, 1.165) is 17.3 Å². The number of nitrogens with zero attached hydrogens (tertiary/aromatic N) is 2. The third-order valence-electron chi connectivity index (χ3n) is 3.29. The molecule has 1 aliphatic rings. The molecule has 0 saturated heterocycles. The fourth-order valence-electron chi connectivity index (χ4n) is 2.36. The number of hydrogen-bond acceptors (Lipinski definition) is 4. The third-order valence-corrected chi connectivity index (χ3v) is 3.29. The minimum absolute atomic E-state index is 0.324. The molecule has 0 spiro atoms. The molecular weight excluding hydrogens is 276 g/mol. The van der Waals surface area contributed by atoms with Gasteiger partial charge in [-0.05, 0) is 19.1 Å². The van der Waals surface area contributed by atoms with Crippen LogP contribution in [0.15, 0.2) is 18.2 Å². The highest BCUT2D eigenvalue weighted by Crippen LogP contribution is 2.26. The second kappa shape index (κ2) is 5.73. The number of benzene rings is 1. The van der Waals surface area contributed by atoms with Crippen LogP contribution in [0.3, 0.4) is 0 Å². The molecule has 21 heavy (non-hydrogen) atoms. The maximum atomic E-state index is 13.4. The molecule has 2 aromatic rings. The van der Waals surface area contributed by atoms with Crippen LogP contribution in [0.1, 0.15) is 18.2 Å². The SMILES string of the molecule is CCNc1nc(-c2cc(F)cc(F)c2)nc2c1COCC2. The third kappa shape index (κ3) is 2.85. The Hall–Kier alpha value is -2.08. The Morgan fingerprint density at radius 1 is 1.19 bits per heavy atom. The van der Waals surface area contributed by atoms with Gasteiger partial charge in [-0.3, -0.25) is 0 Å². The van der Waals surface area contributed by atoms with Crippen molar-refractivity contribution in [3.05, 3.63) is 41.1 Å². The Kier molecular flexibility index (Phi) is 3.79. The Bertz CT molecular complexity index is 656. The number of rotatable bonds is 3. The molecule has 0 saturated carbocycles. The molecule has 2 heterocycles. The number of ether oxygens (including phenoxy) is 1. The van der Waals surface area contributed by atoms with Gasteiger partial charge in [0.2, 0.25) is 0 Å². The Balaban J connectivity index is 2.12. The van der Waals surface area contributed by atoms with Crippen molar-refractivity contribution in [1.82, 2.24) is 9.97 Å². The summed E-state index contributed by atoms with van der Waals surface area (Å²) in [6.45, 7) is 3.70. The minimum atomic E-state index is -0.639. The molecule has 0 unspecified atom stereocenters. The van der Waals surface area contributed by atoms with Gasteiger partial charge in [0, 0.05) is 30.2 Å². The smallest absolute Gasteiger partial charge is 0.161 e. The first kappa shape index (κ1) is 13.9. The molecule has 0 amide bonds. The molecule has 0 atom stereocenters. The van der Waals surface area contributed by atoms with E-state index < -0.39 is 11.6 Å². The van der Waals surface area contributed by atoms with Crippen molar-refractivity contribution in [2.75, 3.05) is 18.5 Å².